The smallest absolute Gasteiger partial charge is 0.259 e. The molecule has 0 saturated heterocycles. The highest BCUT2D eigenvalue weighted by Gasteiger charge is 2.14. The van der Waals surface area contributed by atoms with Crippen molar-refractivity contribution in [3.8, 4) is 5.75 Å². The van der Waals surface area contributed by atoms with Crippen molar-refractivity contribution in [2.75, 3.05) is 11.9 Å². The first kappa shape index (κ1) is 15.6. The van der Waals surface area contributed by atoms with Crippen molar-refractivity contribution in [2.45, 2.75) is 13.8 Å². The highest BCUT2D eigenvalue weighted by atomic mass is 16.5. The Kier molecular flexibility index (Phi) is 4.78. The van der Waals surface area contributed by atoms with Crippen LogP contribution in [0.2, 0.25) is 0 Å². The summed E-state index contributed by atoms with van der Waals surface area (Å²) in [7, 11) is 0. The molecule has 0 aliphatic heterocycles. The number of carboxylic acid groups (broad SMARTS) is 1. The second-order valence-electron chi connectivity index (χ2n) is 4.65. The molecule has 0 unspecified atom stereocenters. The van der Waals surface area contributed by atoms with Crippen LogP contribution in [0.1, 0.15) is 33.2 Å². The first-order valence-electron chi connectivity index (χ1n) is 6.88. The Labute approximate surface area is 128 Å². The maximum atomic E-state index is 12.4. The lowest BCUT2D eigenvalue weighted by Crippen LogP contribution is -2.24. The van der Waals surface area contributed by atoms with Crippen LogP contribution >= 0.6 is 0 Å². The number of carbonyl (C=O) groups excluding carboxylic acids is 2. The molecule has 5 nitrogen and oxygen atoms in total. The first-order chi connectivity index (χ1) is 10.5. The van der Waals surface area contributed by atoms with E-state index < -0.39 is 5.97 Å². The van der Waals surface area contributed by atoms with Gasteiger partial charge >= 0.3 is 0 Å². The number of rotatable bonds is 5. The fourth-order valence-corrected chi connectivity index (χ4v) is 2.12. The number of carbonyl (C=O) groups is 2. The Hall–Kier alpha value is -2.82. The third-order valence-corrected chi connectivity index (χ3v) is 3.23. The zero-order valence-corrected chi connectivity index (χ0v) is 12.4. The second kappa shape index (κ2) is 6.76. The Bertz CT molecular complexity index is 710. The van der Waals surface area contributed by atoms with Gasteiger partial charge in [-0.1, -0.05) is 24.3 Å². The van der Waals surface area contributed by atoms with E-state index in [-0.39, 0.29) is 11.5 Å². The first-order valence-corrected chi connectivity index (χ1v) is 6.88. The fourth-order valence-electron chi connectivity index (χ4n) is 2.12. The SMILES string of the molecule is CCOc1ccccc1C(=O)Nc1cccc(C(=O)[O-])c1C. The van der Waals surface area contributed by atoms with Gasteiger partial charge < -0.3 is 20.0 Å². The molecule has 2 rings (SSSR count). The Morgan fingerprint density at radius 1 is 1.09 bits per heavy atom. The minimum Gasteiger partial charge on any atom is -0.545 e. The molecule has 0 atom stereocenters. The molecular weight excluding hydrogens is 282 g/mol. The van der Waals surface area contributed by atoms with Gasteiger partial charge in [-0.15, -0.1) is 0 Å². The number of amides is 1. The lowest BCUT2D eigenvalue weighted by atomic mass is 10.1. The van der Waals surface area contributed by atoms with Crippen LogP contribution in [0.25, 0.3) is 0 Å². The van der Waals surface area contributed by atoms with Crippen molar-refractivity contribution in [3.63, 3.8) is 0 Å². The molecule has 0 fully saturated rings. The summed E-state index contributed by atoms with van der Waals surface area (Å²) in [5.74, 6) is -1.15. The Morgan fingerprint density at radius 2 is 1.77 bits per heavy atom. The predicted octanol–water partition coefficient (Wildman–Crippen LogP) is 2.01. The number of para-hydroxylation sites is 1. The van der Waals surface area contributed by atoms with E-state index in [0.717, 1.165) is 0 Å². The van der Waals surface area contributed by atoms with Crippen LogP contribution in [0.4, 0.5) is 5.69 Å². The molecule has 0 radical (unpaired) electrons. The normalized spacial score (nSPS) is 10.1. The Balaban J connectivity index is 2.30. The largest absolute Gasteiger partial charge is 0.545 e. The summed E-state index contributed by atoms with van der Waals surface area (Å²) in [5, 5.41) is 13.7. The molecule has 1 amide bonds. The molecule has 0 spiro atoms. The third kappa shape index (κ3) is 3.25. The monoisotopic (exact) mass is 298 g/mol. The zero-order chi connectivity index (χ0) is 16.1. The summed E-state index contributed by atoms with van der Waals surface area (Å²) >= 11 is 0. The van der Waals surface area contributed by atoms with Crippen LogP contribution < -0.4 is 15.2 Å². The van der Waals surface area contributed by atoms with E-state index in [9.17, 15) is 14.7 Å². The van der Waals surface area contributed by atoms with E-state index in [4.69, 9.17) is 4.74 Å². The van der Waals surface area contributed by atoms with Gasteiger partial charge in [0.05, 0.1) is 18.1 Å². The highest BCUT2D eigenvalue weighted by molar-refractivity contribution is 6.07. The standard InChI is InChI=1S/C17H17NO4/c1-3-22-15-10-5-4-7-13(15)16(19)18-14-9-6-8-12(11(14)2)17(20)21/h4-10H,3H2,1-2H3,(H,18,19)(H,20,21)/p-1. The van der Waals surface area contributed by atoms with Crippen LogP contribution in [-0.4, -0.2) is 18.5 Å². The molecule has 2 aromatic carbocycles. The van der Waals surface area contributed by atoms with Crippen LogP contribution in [0.3, 0.4) is 0 Å². The van der Waals surface area contributed by atoms with Crippen molar-refractivity contribution in [1.29, 1.82) is 0 Å². The minimum atomic E-state index is -1.27. The van der Waals surface area contributed by atoms with Crippen LogP contribution in [0.15, 0.2) is 42.5 Å². The number of benzene rings is 2. The van der Waals surface area contributed by atoms with Crippen LogP contribution in [0, 0.1) is 6.92 Å². The molecule has 0 aliphatic rings. The van der Waals surface area contributed by atoms with E-state index in [2.05, 4.69) is 5.32 Å². The second-order valence-corrected chi connectivity index (χ2v) is 4.65. The van der Waals surface area contributed by atoms with Gasteiger partial charge in [-0.2, -0.15) is 0 Å². The van der Waals surface area contributed by atoms with Gasteiger partial charge in [0.15, 0.2) is 0 Å². The van der Waals surface area contributed by atoms with Gasteiger partial charge in [0, 0.05) is 11.3 Å². The zero-order valence-electron chi connectivity index (χ0n) is 12.4. The van der Waals surface area contributed by atoms with Gasteiger partial charge in [0.2, 0.25) is 0 Å². The van der Waals surface area contributed by atoms with Crippen LogP contribution in [0.5, 0.6) is 5.75 Å². The van der Waals surface area contributed by atoms with E-state index in [0.29, 0.717) is 29.2 Å². The van der Waals surface area contributed by atoms with Gasteiger partial charge in [-0.25, -0.2) is 0 Å². The van der Waals surface area contributed by atoms with Gasteiger partial charge in [-0.3, -0.25) is 4.79 Å². The van der Waals surface area contributed by atoms with Crippen molar-refractivity contribution >= 4 is 17.6 Å². The summed E-state index contributed by atoms with van der Waals surface area (Å²) < 4.78 is 5.42. The Morgan fingerprint density at radius 3 is 2.45 bits per heavy atom. The van der Waals surface area contributed by atoms with Crippen molar-refractivity contribution in [1.82, 2.24) is 0 Å². The average molecular weight is 298 g/mol. The summed E-state index contributed by atoms with van der Waals surface area (Å²) in [4.78, 5) is 23.4. The van der Waals surface area contributed by atoms with Crippen molar-refractivity contribution in [3.05, 3.63) is 59.2 Å². The fraction of sp³-hybridized carbons (Fsp3) is 0.176. The molecular formula is C17H16NO4-. The van der Waals surface area contributed by atoms with Crippen molar-refractivity contribution in [2.24, 2.45) is 0 Å². The topological polar surface area (TPSA) is 78.5 Å². The van der Waals surface area contributed by atoms with Crippen LogP contribution in [-0.2, 0) is 0 Å². The summed E-state index contributed by atoms with van der Waals surface area (Å²) in [6.07, 6.45) is 0. The maximum absolute atomic E-state index is 12.4. The number of anilines is 1. The molecule has 5 heteroatoms. The van der Waals surface area contributed by atoms with E-state index >= 15 is 0 Å². The highest BCUT2D eigenvalue weighted by Crippen LogP contribution is 2.22. The van der Waals surface area contributed by atoms with E-state index in [1.807, 2.05) is 6.92 Å². The number of ether oxygens (including phenoxy) is 1. The molecule has 0 saturated carbocycles. The molecule has 0 bridgehead atoms. The van der Waals surface area contributed by atoms with Gasteiger partial charge in [0.1, 0.15) is 5.75 Å². The number of carboxylic acids is 1. The molecule has 22 heavy (non-hydrogen) atoms. The summed E-state index contributed by atoms with van der Waals surface area (Å²) in [5.41, 5.74) is 1.32. The van der Waals surface area contributed by atoms with E-state index in [1.165, 1.54) is 6.07 Å². The number of hydrogen-bond donors (Lipinski definition) is 1. The third-order valence-electron chi connectivity index (χ3n) is 3.23. The minimum absolute atomic E-state index is 0.0518. The number of hydrogen-bond acceptors (Lipinski definition) is 4. The molecule has 1 N–H and O–H groups in total. The molecule has 2 aromatic rings. The van der Waals surface area contributed by atoms with E-state index in [1.54, 1.807) is 43.3 Å². The summed E-state index contributed by atoms with van der Waals surface area (Å²) in [6, 6.07) is 11.5. The molecule has 0 aliphatic carbocycles. The van der Waals surface area contributed by atoms with Crippen molar-refractivity contribution < 1.29 is 19.4 Å². The quantitative estimate of drug-likeness (QED) is 0.916. The predicted molar refractivity (Wildman–Crippen MR) is 81.1 cm³/mol. The number of aromatic carboxylic acids is 1. The van der Waals surface area contributed by atoms with Gasteiger partial charge in [-0.05, 0) is 37.6 Å². The van der Waals surface area contributed by atoms with Gasteiger partial charge in [0.25, 0.3) is 5.91 Å². The molecule has 0 heterocycles. The average Bonchev–Trinajstić information content (AvgIpc) is 2.50. The maximum Gasteiger partial charge on any atom is 0.259 e. The summed E-state index contributed by atoms with van der Waals surface area (Å²) in [6.45, 7) is 3.90. The lowest BCUT2D eigenvalue weighted by Gasteiger charge is -2.14. The number of nitrogens with one attached hydrogen (secondary N) is 1. The lowest BCUT2D eigenvalue weighted by molar-refractivity contribution is -0.255. The molecule has 114 valence electrons. The molecule has 0 aromatic heterocycles.